The van der Waals surface area contributed by atoms with Crippen molar-refractivity contribution in [3.63, 3.8) is 0 Å². The second-order valence-electron chi connectivity index (χ2n) is 5.75. The van der Waals surface area contributed by atoms with Gasteiger partial charge in [-0.15, -0.1) is 0 Å². The Morgan fingerprint density at radius 3 is 2.42 bits per heavy atom. The minimum atomic E-state index is -0.322. The zero-order valence-electron chi connectivity index (χ0n) is 14.0. The molecule has 0 aliphatic carbocycles. The van der Waals surface area contributed by atoms with Crippen molar-refractivity contribution in [3.05, 3.63) is 78.2 Å². The van der Waals surface area contributed by atoms with Gasteiger partial charge in [0.15, 0.2) is 0 Å². The first-order chi connectivity index (χ1) is 12.7. The van der Waals surface area contributed by atoms with Crippen molar-refractivity contribution in [3.8, 4) is 28.8 Å². The third kappa shape index (κ3) is 2.49. The molecule has 2 aromatic heterocycles. The Morgan fingerprint density at radius 2 is 1.77 bits per heavy atom. The zero-order valence-corrected chi connectivity index (χ0v) is 14.0. The number of rotatable bonds is 3. The number of benzene rings is 2. The Bertz CT molecular complexity index is 1120. The summed E-state index contributed by atoms with van der Waals surface area (Å²) in [7, 11) is 1.61. The number of hydrogen-bond acceptors (Lipinski definition) is 3. The van der Waals surface area contributed by atoms with Gasteiger partial charge < -0.3 is 4.74 Å². The number of methoxy groups -OCH3 is 1. The van der Waals surface area contributed by atoms with Gasteiger partial charge in [-0.3, -0.25) is 4.57 Å². The highest BCUT2D eigenvalue weighted by molar-refractivity contribution is 5.94. The van der Waals surface area contributed by atoms with E-state index in [4.69, 9.17) is 4.74 Å². The van der Waals surface area contributed by atoms with E-state index in [0.29, 0.717) is 16.9 Å². The van der Waals surface area contributed by atoms with E-state index in [9.17, 15) is 9.65 Å². The number of pyridine rings is 1. The number of nitriles is 1. The molecule has 4 aromatic rings. The molecule has 4 nitrogen and oxygen atoms in total. The van der Waals surface area contributed by atoms with Crippen LogP contribution in [-0.4, -0.2) is 16.7 Å². The monoisotopic (exact) mass is 343 g/mol. The molecule has 0 amide bonds. The number of halogens is 1. The van der Waals surface area contributed by atoms with Crippen LogP contribution in [0.3, 0.4) is 0 Å². The third-order valence-corrected chi connectivity index (χ3v) is 4.29. The standard InChI is InChI=1S/C21H14FN3O/c1-26-17-10-8-16(9-11-17)25-20(14-4-6-15(22)7-5-14)19(13-23)18-3-2-12-24-21(18)25/h2-12H,1H3. The molecule has 0 fully saturated rings. The molecule has 0 atom stereocenters. The molecule has 26 heavy (non-hydrogen) atoms. The summed E-state index contributed by atoms with van der Waals surface area (Å²) in [5.41, 5.74) is 3.46. The van der Waals surface area contributed by atoms with Gasteiger partial charge in [-0.25, -0.2) is 9.37 Å². The molecule has 0 saturated heterocycles. The highest BCUT2D eigenvalue weighted by atomic mass is 19.1. The van der Waals surface area contributed by atoms with Gasteiger partial charge in [0.25, 0.3) is 0 Å². The summed E-state index contributed by atoms with van der Waals surface area (Å²) in [6.07, 6.45) is 1.69. The van der Waals surface area contributed by atoms with Crippen molar-refractivity contribution in [2.75, 3.05) is 7.11 Å². The van der Waals surface area contributed by atoms with Crippen LogP contribution in [0.2, 0.25) is 0 Å². The molecule has 126 valence electrons. The van der Waals surface area contributed by atoms with E-state index in [1.165, 1.54) is 12.1 Å². The second kappa shape index (κ2) is 6.34. The van der Waals surface area contributed by atoms with Gasteiger partial charge in [0, 0.05) is 22.8 Å². The number of aromatic nitrogens is 2. The van der Waals surface area contributed by atoms with Crippen molar-refractivity contribution in [1.82, 2.24) is 9.55 Å². The van der Waals surface area contributed by atoms with Crippen molar-refractivity contribution >= 4 is 11.0 Å². The van der Waals surface area contributed by atoms with Crippen LogP contribution in [0.1, 0.15) is 5.56 Å². The quantitative estimate of drug-likeness (QED) is 0.541. The Morgan fingerprint density at radius 1 is 1.04 bits per heavy atom. The lowest BCUT2D eigenvalue weighted by Gasteiger charge is -2.11. The van der Waals surface area contributed by atoms with Crippen molar-refractivity contribution in [1.29, 1.82) is 5.26 Å². The highest BCUT2D eigenvalue weighted by Gasteiger charge is 2.20. The maximum absolute atomic E-state index is 13.4. The van der Waals surface area contributed by atoms with Crippen LogP contribution >= 0.6 is 0 Å². The summed E-state index contributed by atoms with van der Waals surface area (Å²) in [5, 5.41) is 10.5. The van der Waals surface area contributed by atoms with E-state index < -0.39 is 0 Å². The van der Waals surface area contributed by atoms with Crippen molar-refractivity contribution in [2.45, 2.75) is 0 Å². The summed E-state index contributed by atoms with van der Waals surface area (Å²) in [5.74, 6) is 0.416. The number of hydrogen-bond donors (Lipinski definition) is 0. The molecule has 0 bridgehead atoms. The van der Waals surface area contributed by atoms with Gasteiger partial charge in [0.05, 0.1) is 18.4 Å². The lowest BCUT2D eigenvalue weighted by atomic mass is 10.1. The Labute approximate surface area is 149 Å². The summed E-state index contributed by atoms with van der Waals surface area (Å²) in [6, 6.07) is 19.6. The summed E-state index contributed by atoms with van der Waals surface area (Å²) < 4.78 is 20.5. The van der Waals surface area contributed by atoms with Gasteiger partial charge in [-0.1, -0.05) is 0 Å². The van der Waals surface area contributed by atoms with E-state index >= 15 is 0 Å². The van der Waals surface area contributed by atoms with Gasteiger partial charge >= 0.3 is 0 Å². The molecule has 2 aromatic carbocycles. The maximum Gasteiger partial charge on any atom is 0.146 e. The molecule has 0 N–H and O–H groups in total. The van der Waals surface area contributed by atoms with E-state index in [0.717, 1.165) is 22.4 Å². The fourth-order valence-corrected chi connectivity index (χ4v) is 3.09. The molecule has 0 radical (unpaired) electrons. The first kappa shape index (κ1) is 15.9. The van der Waals surface area contributed by atoms with Gasteiger partial charge in [-0.2, -0.15) is 5.26 Å². The summed E-state index contributed by atoms with van der Waals surface area (Å²) in [4.78, 5) is 4.48. The van der Waals surface area contributed by atoms with Crippen molar-refractivity contribution < 1.29 is 9.13 Å². The van der Waals surface area contributed by atoms with Crippen molar-refractivity contribution in [2.24, 2.45) is 0 Å². The largest absolute Gasteiger partial charge is 0.497 e. The van der Waals surface area contributed by atoms with Crippen LogP contribution in [0.15, 0.2) is 66.9 Å². The predicted molar refractivity (Wildman–Crippen MR) is 97.7 cm³/mol. The first-order valence-corrected chi connectivity index (χ1v) is 8.03. The van der Waals surface area contributed by atoms with Crippen LogP contribution in [-0.2, 0) is 0 Å². The number of nitrogens with zero attached hydrogens (tertiary/aromatic N) is 3. The lowest BCUT2D eigenvalue weighted by molar-refractivity contribution is 0.415. The minimum Gasteiger partial charge on any atom is -0.497 e. The first-order valence-electron chi connectivity index (χ1n) is 8.03. The number of fused-ring (bicyclic) bond motifs is 1. The molecular formula is C21H14FN3O. The SMILES string of the molecule is COc1ccc(-n2c(-c3ccc(F)cc3)c(C#N)c3cccnc32)cc1. The zero-order chi connectivity index (χ0) is 18.1. The van der Waals surface area contributed by atoms with E-state index in [1.54, 1.807) is 31.5 Å². The average Bonchev–Trinajstić information content (AvgIpc) is 3.03. The van der Waals surface area contributed by atoms with Gasteiger partial charge in [-0.05, 0) is 60.7 Å². The smallest absolute Gasteiger partial charge is 0.146 e. The number of ether oxygens (including phenoxy) is 1. The molecule has 0 spiro atoms. The lowest BCUT2D eigenvalue weighted by Crippen LogP contribution is -1.99. The normalized spacial score (nSPS) is 10.7. The molecule has 0 saturated carbocycles. The maximum atomic E-state index is 13.4. The summed E-state index contributed by atoms with van der Waals surface area (Å²) in [6.45, 7) is 0. The van der Waals surface area contributed by atoms with Crippen LogP contribution in [0.5, 0.6) is 5.75 Å². The van der Waals surface area contributed by atoms with E-state index in [-0.39, 0.29) is 5.82 Å². The highest BCUT2D eigenvalue weighted by Crippen LogP contribution is 2.35. The van der Waals surface area contributed by atoms with Crippen LogP contribution in [0.4, 0.5) is 4.39 Å². The Balaban J connectivity index is 2.08. The topological polar surface area (TPSA) is 50.8 Å². The molecule has 0 unspecified atom stereocenters. The molecule has 0 aliphatic rings. The molecule has 2 heterocycles. The predicted octanol–water partition coefficient (Wildman–Crippen LogP) is 4.71. The molecule has 5 heteroatoms. The molecule has 4 rings (SSSR count). The summed E-state index contributed by atoms with van der Waals surface area (Å²) >= 11 is 0. The van der Waals surface area contributed by atoms with E-state index in [2.05, 4.69) is 11.1 Å². The Kier molecular flexibility index (Phi) is 3.86. The fourth-order valence-electron chi connectivity index (χ4n) is 3.09. The average molecular weight is 343 g/mol. The Hall–Kier alpha value is -3.65. The van der Waals surface area contributed by atoms with Gasteiger partial charge in [0.1, 0.15) is 23.3 Å². The molecule has 0 aliphatic heterocycles. The van der Waals surface area contributed by atoms with Crippen LogP contribution in [0, 0.1) is 17.1 Å². The van der Waals surface area contributed by atoms with Gasteiger partial charge in [0.2, 0.25) is 0 Å². The fraction of sp³-hybridized carbons (Fsp3) is 0.0476. The molecular weight excluding hydrogens is 329 g/mol. The second-order valence-corrected chi connectivity index (χ2v) is 5.75. The van der Waals surface area contributed by atoms with Crippen LogP contribution in [0.25, 0.3) is 28.0 Å². The third-order valence-electron chi connectivity index (χ3n) is 4.29. The van der Waals surface area contributed by atoms with E-state index in [1.807, 2.05) is 34.9 Å². The van der Waals surface area contributed by atoms with Crippen LogP contribution < -0.4 is 4.74 Å². The minimum absolute atomic E-state index is 0.322.